The van der Waals surface area contributed by atoms with Crippen molar-refractivity contribution >= 4 is 23.4 Å². The number of nitrogens with zero attached hydrogens (tertiary/aromatic N) is 3. The number of oxazole rings is 1. The van der Waals surface area contributed by atoms with Gasteiger partial charge in [-0.25, -0.2) is 9.97 Å². The molecule has 1 saturated carbocycles. The molecule has 1 fully saturated rings. The maximum Gasteiger partial charge on any atom is 0.215 e. The molecule has 8 heteroatoms. The fraction of sp³-hybridized carbons (Fsp3) is 0.278. The topological polar surface area (TPSA) is 81.3 Å². The zero-order chi connectivity index (χ0) is 18.1. The number of aromatic nitrogens is 3. The molecule has 26 heavy (non-hydrogen) atoms. The predicted octanol–water partition coefficient (Wildman–Crippen LogP) is 4.67. The first-order valence-corrected chi connectivity index (χ1v) is 9.48. The Bertz CT molecular complexity index is 943. The fourth-order valence-electron chi connectivity index (χ4n) is 2.54. The number of benzene rings is 1. The van der Waals surface area contributed by atoms with E-state index in [1.807, 2.05) is 6.07 Å². The highest BCUT2D eigenvalue weighted by Gasteiger charge is 2.26. The Hall–Kier alpha value is -2.25. The lowest BCUT2D eigenvalue weighted by molar-refractivity contribution is 0.415. The number of ether oxygens (including phenoxy) is 1. The fourth-order valence-corrected chi connectivity index (χ4v) is 3.51. The van der Waals surface area contributed by atoms with Crippen molar-refractivity contribution in [1.29, 1.82) is 0 Å². The normalized spacial score (nSPS) is 13.8. The Kier molecular flexibility index (Phi) is 4.74. The molecule has 2 heterocycles. The van der Waals surface area contributed by atoms with Crippen LogP contribution in [-0.2, 0) is 5.75 Å². The molecule has 134 valence electrons. The van der Waals surface area contributed by atoms with E-state index in [9.17, 15) is 5.11 Å². The van der Waals surface area contributed by atoms with Gasteiger partial charge in [-0.1, -0.05) is 23.4 Å². The van der Waals surface area contributed by atoms with Crippen molar-refractivity contribution in [1.82, 2.24) is 15.0 Å². The number of halogens is 1. The third-order valence-electron chi connectivity index (χ3n) is 4.02. The summed E-state index contributed by atoms with van der Waals surface area (Å²) >= 11 is 7.54. The Balaban J connectivity index is 1.46. The molecule has 1 aliphatic rings. The minimum Gasteiger partial charge on any atom is -0.495 e. The third kappa shape index (κ3) is 3.78. The van der Waals surface area contributed by atoms with Crippen molar-refractivity contribution in [3.05, 3.63) is 47.1 Å². The molecular weight excluding hydrogens is 374 g/mol. The molecule has 0 unspecified atom stereocenters. The van der Waals surface area contributed by atoms with E-state index in [4.69, 9.17) is 20.8 Å². The van der Waals surface area contributed by atoms with Crippen molar-refractivity contribution in [3.63, 3.8) is 0 Å². The van der Waals surface area contributed by atoms with Crippen LogP contribution in [0.2, 0.25) is 5.02 Å². The molecule has 0 aliphatic heterocycles. The van der Waals surface area contributed by atoms with E-state index < -0.39 is 0 Å². The van der Waals surface area contributed by atoms with Gasteiger partial charge in [0, 0.05) is 17.5 Å². The quantitative estimate of drug-likeness (QED) is 0.484. The van der Waals surface area contributed by atoms with Gasteiger partial charge in [0.05, 0.1) is 29.8 Å². The predicted molar refractivity (Wildman–Crippen MR) is 98.7 cm³/mol. The van der Waals surface area contributed by atoms with E-state index in [-0.39, 0.29) is 5.88 Å². The van der Waals surface area contributed by atoms with Crippen molar-refractivity contribution in [2.24, 2.45) is 0 Å². The van der Waals surface area contributed by atoms with Crippen LogP contribution < -0.4 is 4.74 Å². The molecule has 0 spiro atoms. The van der Waals surface area contributed by atoms with Gasteiger partial charge in [-0.15, -0.1) is 0 Å². The summed E-state index contributed by atoms with van der Waals surface area (Å²) in [6.45, 7) is 0. The van der Waals surface area contributed by atoms with Gasteiger partial charge < -0.3 is 14.3 Å². The van der Waals surface area contributed by atoms with Gasteiger partial charge in [0.15, 0.2) is 10.9 Å². The first kappa shape index (κ1) is 17.2. The van der Waals surface area contributed by atoms with E-state index in [2.05, 4.69) is 15.0 Å². The zero-order valence-corrected chi connectivity index (χ0v) is 15.5. The van der Waals surface area contributed by atoms with Crippen LogP contribution in [0.4, 0.5) is 0 Å². The molecule has 4 rings (SSSR count). The van der Waals surface area contributed by atoms with Gasteiger partial charge in [0.25, 0.3) is 0 Å². The summed E-state index contributed by atoms with van der Waals surface area (Å²) in [5.41, 5.74) is 1.73. The standard InChI is InChI=1S/C18H16ClN3O3S/c1-24-14-5-4-11(6-12(14)19)15-8-20-17(25-15)9-26-18-21-13(10-2-3-10)7-16(23)22-18/h4-8,10H,2-3,9H2,1H3,(H,21,22,23). The van der Waals surface area contributed by atoms with E-state index in [1.54, 1.807) is 31.5 Å². The molecule has 6 nitrogen and oxygen atoms in total. The Morgan fingerprint density at radius 3 is 2.88 bits per heavy atom. The second-order valence-electron chi connectivity index (χ2n) is 5.96. The Morgan fingerprint density at radius 2 is 2.15 bits per heavy atom. The molecule has 1 aromatic carbocycles. The van der Waals surface area contributed by atoms with Crippen LogP contribution in [0.1, 0.15) is 30.3 Å². The minimum absolute atomic E-state index is 0.00497. The van der Waals surface area contributed by atoms with Crippen LogP contribution in [0.25, 0.3) is 11.3 Å². The number of methoxy groups -OCH3 is 1. The molecule has 0 bridgehead atoms. The molecule has 1 aliphatic carbocycles. The van der Waals surface area contributed by atoms with E-state index in [0.717, 1.165) is 24.1 Å². The molecule has 0 radical (unpaired) electrons. The number of aromatic hydroxyl groups is 1. The van der Waals surface area contributed by atoms with E-state index in [0.29, 0.717) is 39.3 Å². The lowest BCUT2D eigenvalue weighted by Crippen LogP contribution is -1.93. The molecule has 0 saturated heterocycles. The van der Waals surface area contributed by atoms with Crippen molar-refractivity contribution in [2.75, 3.05) is 7.11 Å². The van der Waals surface area contributed by atoms with E-state index >= 15 is 0 Å². The smallest absolute Gasteiger partial charge is 0.215 e. The molecular formula is C18H16ClN3O3S. The molecule has 0 amide bonds. The van der Waals surface area contributed by atoms with Crippen LogP contribution in [0.5, 0.6) is 11.6 Å². The highest BCUT2D eigenvalue weighted by atomic mass is 35.5. The second-order valence-corrected chi connectivity index (χ2v) is 7.31. The summed E-state index contributed by atoms with van der Waals surface area (Å²) in [6.07, 6.45) is 3.90. The average molecular weight is 390 g/mol. The van der Waals surface area contributed by atoms with Crippen molar-refractivity contribution in [3.8, 4) is 23.0 Å². The Labute approximate surface area is 159 Å². The summed E-state index contributed by atoms with van der Waals surface area (Å²) in [7, 11) is 1.57. The summed E-state index contributed by atoms with van der Waals surface area (Å²) in [5.74, 6) is 2.72. The summed E-state index contributed by atoms with van der Waals surface area (Å²) in [6, 6.07) is 7.06. The maximum absolute atomic E-state index is 9.76. The van der Waals surface area contributed by atoms with Gasteiger partial charge in [-0.05, 0) is 31.0 Å². The minimum atomic E-state index is 0.00497. The monoisotopic (exact) mass is 389 g/mol. The molecule has 0 atom stereocenters. The lowest BCUT2D eigenvalue weighted by atomic mass is 10.2. The number of rotatable bonds is 6. The van der Waals surface area contributed by atoms with Crippen LogP contribution in [0.3, 0.4) is 0 Å². The number of thioether (sulfide) groups is 1. The van der Waals surface area contributed by atoms with Crippen molar-refractivity contribution in [2.45, 2.75) is 29.7 Å². The van der Waals surface area contributed by atoms with Gasteiger partial charge in [0.2, 0.25) is 11.8 Å². The zero-order valence-electron chi connectivity index (χ0n) is 14.0. The molecule has 2 aromatic heterocycles. The summed E-state index contributed by atoms with van der Waals surface area (Å²) in [5, 5.41) is 10.8. The van der Waals surface area contributed by atoms with Crippen molar-refractivity contribution < 1.29 is 14.3 Å². The van der Waals surface area contributed by atoms with E-state index in [1.165, 1.54) is 11.8 Å². The summed E-state index contributed by atoms with van der Waals surface area (Å²) < 4.78 is 10.9. The van der Waals surface area contributed by atoms with Crippen LogP contribution in [-0.4, -0.2) is 27.2 Å². The SMILES string of the molecule is COc1ccc(-c2cnc(CSc3nc(O)cc(C4CC4)n3)o2)cc1Cl. The second kappa shape index (κ2) is 7.17. The first-order valence-electron chi connectivity index (χ1n) is 8.12. The number of hydrogen-bond acceptors (Lipinski definition) is 7. The highest BCUT2D eigenvalue weighted by molar-refractivity contribution is 7.98. The van der Waals surface area contributed by atoms with Gasteiger partial charge in [-0.2, -0.15) is 4.98 Å². The lowest BCUT2D eigenvalue weighted by Gasteiger charge is -2.04. The largest absolute Gasteiger partial charge is 0.495 e. The third-order valence-corrected chi connectivity index (χ3v) is 5.15. The van der Waals surface area contributed by atoms with Gasteiger partial charge in [-0.3, -0.25) is 0 Å². The van der Waals surface area contributed by atoms with Crippen LogP contribution in [0.15, 0.2) is 40.0 Å². The molecule has 1 N–H and O–H groups in total. The van der Waals surface area contributed by atoms with Crippen LogP contribution in [0, 0.1) is 0 Å². The highest BCUT2D eigenvalue weighted by Crippen LogP contribution is 2.40. The Morgan fingerprint density at radius 1 is 1.31 bits per heavy atom. The maximum atomic E-state index is 9.76. The first-order chi connectivity index (χ1) is 12.6. The number of hydrogen-bond donors (Lipinski definition) is 1. The van der Waals surface area contributed by atoms with Gasteiger partial charge >= 0.3 is 0 Å². The van der Waals surface area contributed by atoms with Crippen LogP contribution >= 0.6 is 23.4 Å². The summed E-state index contributed by atoms with van der Waals surface area (Å²) in [4.78, 5) is 12.9. The average Bonchev–Trinajstić information content (AvgIpc) is 3.38. The van der Waals surface area contributed by atoms with Gasteiger partial charge in [0.1, 0.15) is 5.75 Å². The molecule has 3 aromatic rings.